The Bertz CT molecular complexity index is 1130. The fraction of sp³-hybridized carbons (Fsp3) is 0.950. The van der Waals surface area contributed by atoms with E-state index in [1.54, 1.807) is 6.08 Å². The molecule has 0 aromatic heterocycles. The normalized spacial score (nSPS) is 13.9. The van der Waals surface area contributed by atoms with Crippen molar-refractivity contribution in [3.05, 3.63) is 12.2 Å². The lowest BCUT2D eigenvalue weighted by molar-refractivity contribution is -0.870. The molecule has 0 saturated heterocycles. The Morgan fingerprint density at radius 1 is 0.493 bits per heavy atom. The molecule has 9 heteroatoms. The highest BCUT2D eigenvalue weighted by Crippen LogP contribution is 2.38. The number of nitrogens with zero attached hydrogens (tertiary/aromatic N) is 1. The zero-order chi connectivity index (χ0) is 50.6. The SMILES string of the molecule is CCCCCCCC/C=C/C(O)C(COP(=O)([O-])OCC[N+](C)(C)C)NC(=O)CCCCCCCCCCCCCCCCCCCCCCCCCCCCCCCCCCCCCCCCC. The molecule has 0 heterocycles. The van der Waals surface area contributed by atoms with Crippen LogP contribution in [-0.2, 0) is 18.4 Å². The molecule has 0 radical (unpaired) electrons. The average molecular weight is 998 g/mol. The van der Waals surface area contributed by atoms with E-state index in [0.29, 0.717) is 17.4 Å². The Balaban J connectivity index is 3.71. The van der Waals surface area contributed by atoms with E-state index in [0.717, 1.165) is 38.5 Å². The molecular formula is C60H121N2O6P. The minimum absolute atomic E-state index is 0.00179. The van der Waals surface area contributed by atoms with E-state index in [1.165, 1.54) is 257 Å². The minimum Gasteiger partial charge on any atom is -0.756 e. The Kier molecular flexibility index (Phi) is 51.5. The molecule has 412 valence electrons. The molecule has 1 amide bonds. The van der Waals surface area contributed by atoms with Crippen molar-refractivity contribution in [3.63, 3.8) is 0 Å². The third-order valence-electron chi connectivity index (χ3n) is 14.2. The number of unbranched alkanes of at least 4 members (excludes halogenated alkanes) is 44. The maximum Gasteiger partial charge on any atom is 0.268 e. The molecule has 8 nitrogen and oxygen atoms in total. The quantitative estimate of drug-likeness (QED) is 0.0272. The number of aliphatic hydroxyl groups is 1. The van der Waals surface area contributed by atoms with E-state index in [4.69, 9.17) is 9.05 Å². The third-order valence-corrected chi connectivity index (χ3v) is 15.2. The van der Waals surface area contributed by atoms with Gasteiger partial charge in [0.05, 0.1) is 39.9 Å². The van der Waals surface area contributed by atoms with Crippen molar-refractivity contribution in [2.24, 2.45) is 0 Å². The van der Waals surface area contributed by atoms with Crippen LogP contribution in [0.4, 0.5) is 0 Å². The summed E-state index contributed by atoms with van der Waals surface area (Å²) in [6, 6.07) is -0.879. The Hall–Kier alpha value is -0.760. The van der Waals surface area contributed by atoms with Crippen LogP contribution in [0.1, 0.15) is 316 Å². The van der Waals surface area contributed by atoms with Crippen LogP contribution in [-0.4, -0.2) is 68.5 Å². The second-order valence-corrected chi connectivity index (χ2v) is 23.8. The van der Waals surface area contributed by atoms with Gasteiger partial charge in [0.1, 0.15) is 13.2 Å². The van der Waals surface area contributed by atoms with Crippen LogP contribution in [0.5, 0.6) is 0 Å². The van der Waals surface area contributed by atoms with Gasteiger partial charge in [0.2, 0.25) is 5.91 Å². The minimum atomic E-state index is -4.58. The molecule has 0 aliphatic rings. The first-order chi connectivity index (χ1) is 33.5. The summed E-state index contributed by atoms with van der Waals surface area (Å²) < 4.78 is 23.2. The molecule has 0 bridgehead atoms. The van der Waals surface area contributed by atoms with Gasteiger partial charge >= 0.3 is 0 Å². The molecule has 0 aliphatic heterocycles. The number of carbonyl (C=O) groups excluding carboxylic acids is 1. The second kappa shape index (κ2) is 52.1. The lowest BCUT2D eigenvalue weighted by Gasteiger charge is -2.29. The number of allylic oxidation sites excluding steroid dienone is 1. The predicted octanol–water partition coefficient (Wildman–Crippen LogP) is 18.0. The highest BCUT2D eigenvalue weighted by molar-refractivity contribution is 7.45. The van der Waals surface area contributed by atoms with Gasteiger partial charge in [-0.15, -0.1) is 0 Å². The van der Waals surface area contributed by atoms with Gasteiger partial charge in [0.25, 0.3) is 7.82 Å². The Labute approximate surface area is 431 Å². The monoisotopic (exact) mass is 997 g/mol. The van der Waals surface area contributed by atoms with Gasteiger partial charge in [-0.2, -0.15) is 0 Å². The van der Waals surface area contributed by atoms with E-state index in [-0.39, 0.29) is 19.1 Å². The van der Waals surface area contributed by atoms with Gasteiger partial charge in [0, 0.05) is 6.42 Å². The maximum absolute atomic E-state index is 12.9. The van der Waals surface area contributed by atoms with Gasteiger partial charge in [0.15, 0.2) is 0 Å². The Morgan fingerprint density at radius 3 is 1.09 bits per heavy atom. The smallest absolute Gasteiger partial charge is 0.268 e. The molecule has 69 heavy (non-hydrogen) atoms. The second-order valence-electron chi connectivity index (χ2n) is 22.4. The number of hydrogen-bond acceptors (Lipinski definition) is 6. The lowest BCUT2D eigenvalue weighted by Crippen LogP contribution is -2.45. The molecule has 3 atom stereocenters. The molecule has 0 aromatic carbocycles. The van der Waals surface area contributed by atoms with E-state index in [9.17, 15) is 19.4 Å². The fourth-order valence-electron chi connectivity index (χ4n) is 9.45. The zero-order valence-corrected chi connectivity index (χ0v) is 47.9. The molecule has 0 rings (SSSR count). The molecule has 0 aromatic rings. The first kappa shape index (κ1) is 68.2. The van der Waals surface area contributed by atoms with Crippen LogP contribution in [0, 0.1) is 0 Å². The molecule has 0 fully saturated rings. The van der Waals surface area contributed by atoms with Gasteiger partial charge in [-0.05, 0) is 19.3 Å². The van der Waals surface area contributed by atoms with Crippen molar-refractivity contribution >= 4 is 13.7 Å². The average Bonchev–Trinajstić information content (AvgIpc) is 3.31. The molecule has 0 aliphatic carbocycles. The topological polar surface area (TPSA) is 108 Å². The molecule has 3 unspecified atom stereocenters. The van der Waals surface area contributed by atoms with Gasteiger partial charge < -0.3 is 28.8 Å². The largest absolute Gasteiger partial charge is 0.756 e. The number of nitrogens with one attached hydrogen (secondary N) is 1. The summed E-state index contributed by atoms with van der Waals surface area (Å²) in [5.74, 6) is -0.194. The molecule has 2 N–H and O–H groups in total. The summed E-state index contributed by atoms with van der Waals surface area (Å²) in [5, 5.41) is 13.7. The summed E-state index contributed by atoms with van der Waals surface area (Å²) in [5.41, 5.74) is 0. The van der Waals surface area contributed by atoms with Crippen LogP contribution in [0.3, 0.4) is 0 Å². The molecular weight excluding hydrogens is 876 g/mol. The number of aliphatic hydroxyl groups excluding tert-OH is 1. The summed E-state index contributed by atoms with van der Waals surface area (Å²) in [7, 11) is 1.27. The Morgan fingerprint density at radius 2 is 0.783 bits per heavy atom. The van der Waals surface area contributed by atoms with Gasteiger partial charge in [-0.1, -0.05) is 302 Å². The predicted molar refractivity (Wildman–Crippen MR) is 298 cm³/mol. The highest BCUT2D eigenvalue weighted by Gasteiger charge is 2.23. The first-order valence-corrected chi connectivity index (χ1v) is 32.0. The van der Waals surface area contributed by atoms with Crippen LogP contribution in [0.25, 0.3) is 0 Å². The van der Waals surface area contributed by atoms with Crippen molar-refractivity contribution in [3.8, 4) is 0 Å². The lowest BCUT2D eigenvalue weighted by atomic mass is 10.0. The fourth-order valence-corrected chi connectivity index (χ4v) is 10.2. The number of carbonyl (C=O) groups is 1. The van der Waals surface area contributed by atoms with Crippen molar-refractivity contribution < 1.29 is 32.9 Å². The van der Waals surface area contributed by atoms with E-state index in [2.05, 4.69) is 19.2 Å². The summed E-state index contributed by atoms with van der Waals surface area (Å²) in [6.45, 7) is 4.64. The van der Waals surface area contributed by atoms with Gasteiger partial charge in [-0.3, -0.25) is 9.36 Å². The van der Waals surface area contributed by atoms with Crippen LogP contribution in [0.2, 0.25) is 0 Å². The van der Waals surface area contributed by atoms with Gasteiger partial charge in [-0.25, -0.2) is 0 Å². The number of amides is 1. The summed E-state index contributed by atoms with van der Waals surface area (Å²) in [4.78, 5) is 25.3. The standard InChI is InChI=1S/C60H121N2O6P/c1-6-8-10-12-14-16-17-18-19-20-21-22-23-24-25-26-27-28-29-30-31-32-33-34-35-36-37-38-39-40-41-42-43-44-45-46-48-50-52-54-60(64)61-58(57-68-69(65,66)67-56-55-62(3,4)5)59(63)53-51-49-47-15-13-11-9-7-2/h51,53,58-59,63H,6-50,52,54-57H2,1-5H3,(H-,61,64,65,66)/b53-51+. The zero-order valence-electron chi connectivity index (χ0n) is 47.0. The molecule has 0 spiro atoms. The number of likely N-dealkylation sites (N-methyl/N-ethyl adjacent to an activating group) is 1. The van der Waals surface area contributed by atoms with Crippen molar-refractivity contribution in [1.82, 2.24) is 5.32 Å². The number of phosphoric ester groups is 1. The number of hydrogen-bond donors (Lipinski definition) is 2. The number of phosphoric acid groups is 1. The van der Waals surface area contributed by atoms with Crippen LogP contribution < -0.4 is 10.2 Å². The maximum atomic E-state index is 12.9. The van der Waals surface area contributed by atoms with Crippen molar-refractivity contribution in [2.45, 2.75) is 328 Å². The summed E-state index contributed by atoms with van der Waals surface area (Å²) >= 11 is 0. The van der Waals surface area contributed by atoms with E-state index in [1.807, 2.05) is 27.2 Å². The highest BCUT2D eigenvalue weighted by atomic mass is 31.2. The van der Waals surface area contributed by atoms with Crippen molar-refractivity contribution in [2.75, 3.05) is 40.9 Å². The van der Waals surface area contributed by atoms with Crippen LogP contribution >= 0.6 is 7.82 Å². The van der Waals surface area contributed by atoms with Crippen LogP contribution in [0.15, 0.2) is 12.2 Å². The third kappa shape index (κ3) is 54.8. The van der Waals surface area contributed by atoms with Crippen molar-refractivity contribution in [1.29, 1.82) is 0 Å². The first-order valence-electron chi connectivity index (χ1n) is 30.6. The number of rotatable bonds is 57. The van der Waals surface area contributed by atoms with E-state index >= 15 is 0 Å². The number of quaternary nitrogens is 1. The summed E-state index contributed by atoms with van der Waals surface area (Å²) in [6.07, 6.45) is 65.1. The van der Waals surface area contributed by atoms with E-state index < -0.39 is 20.0 Å². The molecule has 0 saturated carbocycles.